The molecule has 1 aliphatic carbocycles. The van der Waals surface area contributed by atoms with Gasteiger partial charge in [0.25, 0.3) is 0 Å². The molecule has 12 heavy (non-hydrogen) atoms. The molecule has 0 bridgehead atoms. The topological polar surface area (TPSA) is 57.5 Å². The quantitative estimate of drug-likeness (QED) is 0.569. The minimum absolute atomic E-state index is 0.0518. The van der Waals surface area contributed by atoms with E-state index in [4.69, 9.17) is 0 Å². The number of rotatable bonds is 0. The fourth-order valence-corrected chi connectivity index (χ4v) is 1.11. The highest BCUT2D eigenvalue weighted by Gasteiger charge is 2.35. The van der Waals surface area contributed by atoms with Gasteiger partial charge in [-0.15, -0.1) is 0 Å². The third kappa shape index (κ3) is 1.06. The van der Waals surface area contributed by atoms with Crippen molar-refractivity contribution in [3.8, 4) is 0 Å². The Morgan fingerprint density at radius 2 is 1.92 bits per heavy atom. The number of carbonyl (C=O) groups excluding carboxylic acids is 1. The van der Waals surface area contributed by atoms with Crippen LogP contribution in [-0.2, 0) is 4.79 Å². The van der Waals surface area contributed by atoms with Crippen LogP contribution in [0.1, 0.15) is 20.8 Å². The standard InChI is InChI=1S/C9H12O3/c1-5-6(2)9(3,12)8(11)4-7(5)10/h4,10,12H,1-3H3. The summed E-state index contributed by atoms with van der Waals surface area (Å²) in [5.41, 5.74) is -0.372. The molecule has 0 saturated carbocycles. The molecule has 3 nitrogen and oxygen atoms in total. The second-order valence-corrected chi connectivity index (χ2v) is 3.22. The zero-order valence-corrected chi connectivity index (χ0v) is 7.38. The van der Waals surface area contributed by atoms with Crippen molar-refractivity contribution in [1.29, 1.82) is 0 Å². The van der Waals surface area contributed by atoms with E-state index in [0.29, 0.717) is 11.1 Å². The summed E-state index contributed by atoms with van der Waals surface area (Å²) in [4.78, 5) is 11.2. The zero-order valence-electron chi connectivity index (χ0n) is 7.38. The van der Waals surface area contributed by atoms with E-state index in [9.17, 15) is 15.0 Å². The van der Waals surface area contributed by atoms with Crippen LogP contribution in [0.5, 0.6) is 0 Å². The molecular weight excluding hydrogens is 156 g/mol. The number of allylic oxidation sites excluding steroid dienone is 1. The fourth-order valence-electron chi connectivity index (χ4n) is 1.11. The Labute approximate surface area is 71.0 Å². The number of hydrogen-bond donors (Lipinski definition) is 2. The highest BCUT2D eigenvalue weighted by Crippen LogP contribution is 2.28. The average molecular weight is 168 g/mol. The molecule has 0 saturated heterocycles. The second-order valence-electron chi connectivity index (χ2n) is 3.22. The first-order valence-corrected chi connectivity index (χ1v) is 3.73. The number of aliphatic hydroxyl groups excluding tert-OH is 1. The van der Waals surface area contributed by atoms with Crippen molar-refractivity contribution in [1.82, 2.24) is 0 Å². The highest BCUT2D eigenvalue weighted by molar-refractivity contribution is 6.01. The molecule has 0 aromatic heterocycles. The fraction of sp³-hybridized carbons (Fsp3) is 0.444. The van der Waals surface area contributed by atoms with Crippen molar-refractivity contribution in [2.24, 2.45) is 0 Å². The summed E-state index contributed by atoms with van der Waals surface area (Å²) in [5.74, 6) is -0.521. The second kappa shape index (κ2) is 2.45. The molecule has 0 amide bonds. The van der Waals surface area contributed by atoms with Gasteiger partial charge >= 0.3 is 0 Å². The monoisotopic (exact) mass is 168 g/mol. The minimum Gasteiger partial charge on any atom is -0.508 e. The molecule has 0 heterocycles. The van der Waals surface area contributed by atoms with Crippen molar-refractivity contribution < 1.29 is 15.0 Å². The van der Waals surface area contributed by atoms with Gasteiger partial charge in [0, 0.05) is 6.08 Å². The van der Waals surface area contributed by atoms with Gasteiger partial charge in [-0.25, -0.2) is 0 Å². The van der Waals surface area contributed by atoms with Crippen LogP contribution in [0.25, 0.3) is 0 Å². The Morgan fingerprint density at radius 1 is 1.42 bits per heavy atom. The Bertz CT molecular complexity index is 295. The minimum atomic E-state index is -1.45. The van der Waals surface area contributed by atoms with Crippen LogP contribution < -0.4 is 0 Å². The van der Waals surface area contributed by atoms with Gasteiger partial charge in [0.15, 0.2) is 5.78 Å². The van der Waals surface area contributed by atoms with Gasteiger partial charge < -0.3 is 10.2 Å². The molecule has 2 N–H and O–H groups in total. The van der Waals surface area contributed by atoms with Crippen LogP contribution in [0.3, 0.4) is 0 Å². The van der Waals surface area contributed by atoms with Gasteiger partial charge in [0.1, 0.15) is 11.4 Å². The molecule has 1 aliphatic rings. The number of hydrogen-bond acceptors (Lipinski definition) is 3. The normalized spacial score (nSPS) is 30.7. The maximum atomic E-state index is 11.2. The third-order valence-electron chi connectivity index (χ3n) is 2.42. The Morgan fingerprint density at radius 3 is 2.42 bits per heavy atom. The van der Waals surface area contributed by atoms with Crippen molar-refractivity contribution in [2.75, 3.05) is 0 Å². The molecule has 0 spiro atoms. The molecule has 1 atom stereocenters. The lowest BCUT2D eigenvalue weighted by Gasteiger charge is -2.26. The summed E-state index contributed by atoms with van der Waals surface area (Å²) in [6.45, 7) is 4.73. The molecule has 66 valence electrons. The van der Waals surface area contributed by atoms with Gasteiger partial charge in [-0.1, -0.05) is 0 Å². The average Bonchev–Trinajstić information content (AvgIpc) is 1.99. The summed E-state index contributed by atoms with van der Waals surface area (Å²) in [7, 11) is 0. The molecular formula is C9H12O3. The van der Waals surface area contributed by atoms with Crippen LogP contribution in [-0.4, -0.2) is 21.6 Å². The summed E-state index contributed by atoms with van der Waals surface area (Å²) >= 11 is 0. The maximum Gasteiger partial charge on any atom is 0.194 e. The van der Waals surface area contributed by atoms with E-state index >= 15 is 0 Å². The number of carbonyl (C=O) groups is 1. The predicted octanol–water partition coefficient (Wildman–Crippen LogP) is 1.10. The Hall–Kier alpha value is -1.09. The van der Waals surface area contributed by atoms with Crippen LogP contribution in [0.2, 0.25) is 0 Å². The zero-order chi connectivity index (χ0) is 9.52. The van der Waals surface area contributed by atoms with Crippen LogP contribution in [0.4, 0.5) is 0 Å². The predicted molar refractivity (Wildman–Crippen MR) is 44.7 cm³/mol. The molecule has 1 rings (SSSR count). The smallest absolute Gasteiger partial charge is 0.194 e. The van der Waals surface area contributed by atoms with Crippen LogP contribution in [0, 0.1) is 0 Å². The summed E-state index contributed by atoms with van der Waals surface area (Å²) < 4.78 is 0. The van der Waals surface area contributed by atoms with Gasteiger partial charge in [-0.05, 0) is 31.9 Å². The van der Waals surface area contributed by atoms with E-state index in [-0.39, 0.29) is 5.76 Å². The lowest BCUT2D eigenvalue weighted by molar-refractivity contribution is -0.127. The third-order valence-corrected chi connectivity index (χ3v) is 2.42. The van der Waals surface area contributed by atoms with Crippen molar-refractivity contribution in [2.45, 2.75) is 26.4 Å². The molecule has 0 radical (unpaired) electrons. The van der Waals surface area contributed by atoms with E-state index in [2.05, 4.69) is 0 Å². The van der Waals surface area contributed by atoms with Crippen molar-refractivity contribution >= 4 is 5.78 Å². The largest absolute Gasteiger partial charge is 0.508 e. The van der Waals surface area contributed by atoms with Crippen molar-refractivity contribution in [3.63, 3.8) is 0 Å². The highest BCUT2D eigenvalue weighted by atomic mass is 16.3. The maximum absolute atomic E-state index is 11.2. The van der Waals surface area contributed by atoms with E-state index < -0.39 is 11.4 Å². The molecule has 0 aliphatic heterocycles. The van der Waals surface area contributed by atoms with Crippen molar-refractivity contribution in [3.05, 3.63) is 23.0 Å². The van der Waals surface area contributed by atoms with Crippen LogP contribution in [0.15, 0.2) is 23.0 Å². The first kappa shape index (κ1) is 9.00. The molecule has 0 aromatic rings. The van der Waals surface area contributed by atoms with E-state index in [0.717, 1.165) is 6.08 Å². The van der Waals surface area contributed by atoms with E-state index in [1.807, 2.05) is 0 Å². The Balaban J connectivity index is 3.27. The van der Waals surface area contributed by atoms with Gasteiger partial charge in [-0.2, -0.15) is 0 Å². The summed E-state index contributed by atoms with van der Waals surface area (Å²) in [6, 6.07) is 0. The lowest BCUT2D eigenvalue weighted by Crippen LogP contribution is -2.38. The van der Waals surface area contributed by atoms with Crippen LogP contribution >= 0.6 is 0 Å². The molecule has 1 unspecified atom stereocenters. The van der Waals surface area contributed by atoms with Gasteiger partial charge in [-0.3, -0.25) is 4.79 Å². The summed E-state index contributed by atoms with van der Waals surface area (Å²) in [5, 5.41) is 18.9. The van der Waals surface area contributed by atoms with E-state index in [1.165, 1.54) is 6.92 Å². The number of ketones is 1. The van der Waals surface area contributed by atoms with Gasteiger partial charge in [0.2, 0.25) is 0 Å². The molecule has 0 fully saturated rings. The lowest BCUT2D eigenvalue weighted by atomic mass is 9.84. The van der Waals surface area contributed by atoms with E-state index in [1.54, 1.807) is 13.8 Å². The van der Waals surface area contributed by atoms with Gasteiger partial charge in [0.05, 0.1) is 0 Å². The Kier molecular flexibility index (Phi) is 1.84. The molecule has 3 heteroatoms. The molecule has 0 aromatic carbocycles. The first-order chi connectivity index (χ1) is 5.37. The number of aliphatic hydroxyl groups is 2. The summed E-state index contributed by atoms with van der Waals surface area (Å²) in [6.07, 6.45) is 1.06. The SMILES string of the molecule is CC1=C(C)C(C)(O)C(=O)C=C1O. The first-order valence-electron chi connectivity index (χ1n) is 3.73.